The standard InChI is InChI=1S/C31H35F2N5O2/c1-6-37(5)10-8-21-13-24(25-12-19(3)17-36-29(25)30(32)33)23-9-11-38(31(39)26(23)14-21)20(4)27-15-28(40-7-2)22(16-34)18-35-27/h12-15,17-18,20,30H,6-11H2,1-5H3/t20-/m0/s1. The van der Waals surface area contributed by atoms with Gasteiger partial charge in [-0.3, -0.25) is 14.8 Å². The number of pyridine rings is 2. The monoisotopic (exact) mass is 547 g/mol. The van der Waals surface area contributed by atoms with Crippen molar-refractivity contribution in [1.82, 2.24) is 19.8 Å². The third kappa shape index (κ3) is 5.97. The van der Waals surface area contributed by atoms with Crippen molar-refractivity contribution < 1.29 is 18.3 Å². The number of aryl methyl sites for hydroxylation is 1. The number of fused-ring (bicyclic) bond motifs is 1. The van der Waals surface area contributed by atoms with Gasteiger partial charge in [-0.1, -0.05) is 13.0 Å². The van der Waals surface area contributed by atoms with E-state index in [0.29, 0.717) is 59.7 Å². The van der Waals surface area contributed by atoms with E-state index in [4.69, 9.17) is 4.74 Å². The first-order chi connectivity index (χ1) is 19.2. The maximum Gasteiger partial charge on any atom is 0.280 e. The quantitative estimate of drug-likeness (QED) is 0.314. The lowest BCUT2D eigenvalue weighted by Crippen LogP contribution is -2.40. The maximum absolute atomic E-state index is 14.1. The molecule has 1 atom stereocenters. The van der Waals surface area contributed by atoms with Crippen molar-refractivity contribution in [3.8, 4) is 22.9 Å². The second kappa shape index (κ2) is 12.5. The molecule has 7 nitrogen and oxygen atoms in total. The smallest absolute Gasteiger partial charge is 0.280 e. The van der Waals surface area contributed by atoms with E-state index in [-0.39, 0.29) is 17.6 Å². The fourth-order valence-electron chi connectivity index (χ4n) is 5.08. The minimum Gasteiger partial charge on any atom is -0.492 e. The number of nitrogens with zero attached hydrogens (tertiary/aromatic N) is 5. The Morgan fingerprint density at radius 2 is 1.88 bits per heavy atom. The molecule has 0 unspecified atom stereocenters. The lowest BCUT2D eigenvalue weighted by Gasteiger charge is -2.35. The van der Waals surface area contributed by atoms with Gasteiger partial charge in [0, 0.05) is 42.7 Å². The zero-order valence-electron chi connectivity index (χ0n) is 23.7. The summed E-state index contributed by atoms with van der Waals surface area (Å²) in [5, 5.41) is 9.40. The Balaban J connectivity index is 1.79. The van der Waals surface area contributed by atoms with Gasteiger partial charge in [-0.2, -0.15) is 5.26 Å². The van der Waals surface area contributed by atoms with Crippen molar-refractivity contribution in [2.75, 3.05) is 33.3 Å². The lowest BCUT2D eigenvalue weighted by molar-refractivity contribution is 0.0669. The Morgan fingerprint density at radius 1 is 1.12 bits per heavy atom. The summed E-state index contributed by atoms with van der Waals surface area (Å²) in [6, 6.07) is 9.01. The number of amides is 1. The Morgan fingerprint density at radius 3 is 2.55 bits per heavy atom. The molecule has 0 spiro atoms. The Kier molecular flexibility index (Phi) is 9.10. The normalized spacial score (nSPS) is 13.9. The Labute approximate surface area is 234 Å². The average molecular weight is 548 g/mol. The van der Waals surface area contributed by atoms with Gasteiger partial charge in [-0.15, -0.1) is 0 Å². The zero-order chi connectivity index (χ0) is 29.0. The largest absolute Gasteiger partial charge is 0.492 e. The molecule has 0 saturated carbocycles. The molecule has 0 fully saturated rings. The summed E-state index contributed by atoms with van der Waals surface area (Å²) in [5.41, 5.74) is 4.67. The second-order valence-corrected chi connectivity index (χ2v) is 10.1. The van der Waals surface area contributed by atoms with Crippen molar-refractivity contribution in [2.24, 2.45) is 0 Å². The summed E-state index contributed by atoms with van der Waals surface area (Å²) >= 11 is 0. The first-order valence-corrected chi connectivity index (χ1v) is 13.6. The van der Waals surface area contributed by atoms with Crippen LogP contribution in [-0.2, 0) is 12.8 Å². The summed E-state index contributed by atoms with van der Waals surface area (Å²) in [7, 11) is 2.02. The number of benzene rings is 1. The topological polar surface area (TPSA) is 82.3 Å². The number of alkyl halides is 2. The van der Waals surface area contributed by atoms with Crippen LogP contribution in [0.25, 0.3) is 11.1 Å². The van der Waals surface area contributed by atoms with Gasteiger partial charge >= 0.3 is 0 Å². The minimum absolute atomic E-state index is 0.177. The van der Waals surface area contributed by atoms with E-state index < -0.39 is 6.43 Å². The highest BCUT2D eigenvalue weighted by molar-refractivity contribution is 5.99. The fourth-order valence-corrected chi connectivity index (χ4v) is 5.08. The molecule has 3 aromatic rings. The van der Waals surface area contributed by atoms with Crippen LogP contribution in [0, 0.1) is 18.3 Å². The number of ether oxygens (including phenoxy) is 1. The third-order valence-electron chi connectivity index (χ3n) is 7.48. The van der Waals surface area contributed by atoms with Gasteiger partial charge in [0.25, 0.3) is 12.3 Å². The second-order valence-electron chi connectivity index (χ2n) is 10.1. The van der Waals surface area contributed by atoms with Crippen molar-refractivity contribution >= 4 is 5.91 Å². The van der Waals surface area contributed by atoms with Crippen molar-refractivity contribution in [3.63, 3.8) is 0 Å². The van der Waals surface area contributed by atoms with Gasteiger partial charge in [0.05, 0.1) is 18.3 Å². The van der Waals surface area contributed by atoms with Crippen molar-refractivity contribution in [3.05, 3.63) is 75.9 Å². The molecule has 210 valence electrons. The third-order valence-corrected chi connectivity index (χ3v) is 7.48. The van der Waals surface area contributed by atoms with E-state index in [2.05, 4.69) is 27.9 Å². The predicted octanol–water partition coefficient (Wildman–Crippen LogP) is 5.91. The maximum atomic E-state index is 14.1. The van der Waals surface area contributed by atoms with Crippen molar-refractivity contribution in [1.29, 1.82) is 5.26 Å². The SMILES string of the molecule is CCOc1cc([C@H](C)N2CCc3c(cc(CCN(C)CC)cc3-c3cc(C)cnc3C(F)F)C2=O)ncc1C#N. The zero-order valence-corrected chi connectivity index (χ0v) is 23.7. The van der Waals surface area contributed by atoms with E-state index in [9.17, 15) is 18.8 Å². The number of aromatic nitrogens is 2. The Hall–Kier alpha value is -3.90. The Bertz CT molecular complexity index is 1440. The van der Waals surface area contributed by atoms with Crippen LogP contribution in [0.2, 0.25) is 0 Å². The van der Waals surface area contributed by atoms with Gasteiger partial charge in [0.2, 0.25) is 0 Å². The number of hydrogen-bond donors (Lipinski definition) is 0. The fraction of sp³-hybridized carbons (Fsp3) is 0.419. The molecule has 3 heterocycles. The van der Waals surface area contributed by atoms with Crippen LogP contribution in [0.3, 0.4) is 0 Å². The van der Waals surface area contributed by atoms with Crippen LogP contribution in [0.4, 0.5) is 8.78 Å². The van der Waals surface area contributed by atoms with E-state index in [0.717, 1.165) is 29.8 Å². The van der Waals surface area contributed by atoms with Gasteiger partial charge in [-0.05, 0) is 81.6 Å². The van der Waals surface area contributed by atoms with Gasteiger partial charge < -0.3 is 14.5 Å². The first kappa shape index (κ1) is 29.1. The van der Waals surface area contributed by atoms with E-state index in [1.165, 1.54) is 12.4 Å². The number of hydrogen-bond acceptors (Lipinski definition) is 6. The predicted molar refractivity (Wildman–Crippen MR) is 150 cm³/mol. The average Bonchev–Trinajstić information content (AvgIpc) is 2.95. The molecular weight excluding hydrogens is 512 g/mol. The summed E-state index contributed by atoms with van der Waals surface area (Å²) in [4.78, 5) is 26.4. The van der Waals surface area contributed by atoms with Crippen LogP contribution < -0.4 is 4.74 Å². The van der Waals surface area contributed by atoms with Crippen LogP contribution in [0.5, 0.6) is 5.75 Å². The number of carbonyl (C=O) groups excluding carboxylic acids is 1. The van der Waals surface area contributed by atoms with E-state index in [1.807, 2.05) is 40.0 Å². The minimum atomic E-state index is -2.74. The molecule has 0 aliphatic carbocycles. The van der Waals surface area contributed by atoms with Gasteiger partial charge in [-0.25, -0.2) is 8.78 Å². The van der Waals surface area contributed by atoms with Crippen LogP contribution >= 0.6 is 0 Å². The summed E-state index contributed by atoms with van der Waals surface area (Å²) in [6.45, 7) is 10.1. The first-order valence-electron chi connectivity index (χ1n) is 13.6. The molecule has 1 aromatic carbocycles. The van der Waals surface area contributed by atoms with Gasteiger partial charge in [0.1, 0.15) is 23.1 Å². The van der Waals surface area contributed by atoms with Crippen LogP contribution in [0.15, 0.2) is 36.7 Å². The molecule has 2 aromatic heterocycles. The number of halogens is 2. The van der Waals surface area contributed by atoms with Gasteiger partial charge in [0.15, 0.2) is 0 Å². The number of likely N-dealkylation sites (N-methyl/N-ethyl adjacent to an activating group) is 1. The number of nitriles is 1. The highest BCUT2D eigenvalue weighted by atomic mass is 19.3. The molecule has 1 aliphatic rings. The molecule has 1 amide bonds. The molecule has 9 heteroatoms. The highest BCUT2D eigenvalue weighted by Crippen LogP contribution is 2.38. The molecule has 0 bridgehead atoms. The molecule has 0 saturated heterocycles. The highest BCUT2D eigenvalue weighted by Gasteiger charge is 2.32. The van der Waals surface area contributed by atoms with Crippen LogP contribution in [-0.4, -0.2) is 59.0 Å². The molecule has 0 N–H and O–H groups in total. The lowest BCUT2D eigenvalue weighted by atomic mass is 9.86. The summed E-state index contributed by atoms with van der Waals surface area (Å²) in [6.07, 6.45) is 1.36. The summed E-state index contributed by atoms with van der Waals surface area (Å²) < 4.78 is 33.8. The molecule has 4 rings (SSSR count). The van der Waals surface area contributed by atoms with E-state index >= 15 is 0 Å². The summed E-state index contributed by atoms with van der Waals surface area (Å²) in [5.74, 6) is 0.256. The molecule has 1 aliphatic heterocycles. The number of rotatable bonds is 10. The van der Waals surface area contributed by atoms with Crippen molar-refractivity contribution in [2.45, 2.75) is 53.0 Å². The molecular formula is C31H35F2N5O2. The molecule has 40 heavy (non-hydrogen) atoms. The number of carbonyl (C=O) groups is 1. The molecule has 0 radical (unpaired) electrons. The van der Waals surface area contributed by atoms with E-state index in [1.54, 1.807) is 17.0 Å². The van der Waals surface area contributed by atoms with Crippen LogP contribution in [0.1, 0.15) is 77.2 Å².